The standard InChI is InChI=1S/C17H25NO3/c1-3-5-8-13(4-2)17(21)18-12-15-10-7-6-9-14(15)11-16(19)20/h6-7,9-10,13H,3-5,8,11-12H2,1-2H3,(H,18,21)(H,19,20). The van der Waals surface area contributed by atoms with Gasteiger partial charge in [0, 0.05) is 12.5 Å². The van der Waals surface area contributed by atoms with E-state index in [4.69, 9.17) is 5.11 Å². The molecule has 1 aromatic carbocycles. The predicted octanol–water partition coefficient (Wildman–Crippen LogP) is 3.15. The molecule has 0 aliphatic heterocycles. The minimum Gasteiger partial charge on any atom is -0.481 e. The molecule has 0 saturated heterocycles. The minimum absolute atomic E-state index is 0.0148. The fourth-order valence-corrected chi connectivity index (χ4v) is 2.36. The van der Waals surface area contributed by atoms with Gasteiger partial charge < -0.3 is 10.4 Å². The number of benzene rings is 1. The van der Waals surface area contributed by atoms with Crippen LogP contribution < -0.4 is 5.32 Å². The summed E-state index contributed by atoms with van der Waals surface area (Å²) in [5, 5.41) is 11.8. The number of hydrogen-bond acceptors (Lipinski definition) is 2. The quantitative estimate of drug-likeness (QED) is 0.734. The Kier molecular flexibility index (Phi) is 7.51. The largest absolute Gasteiger partial charge is 0.481 e. The highest BCUT2D eigenvalue weighted by atomic mass is 16.4. The molecule has 0 spiro atoms. The van der Waals surface area contributed by atoms with Gasteiger partial charge in [-0.05, 0) is 24.0 Å². The number of unbranched alkanes of at least 4 members (excludes halogenated alkanes) is 1. The summed E-state index contributed by atoms with van der Waals surface area (Å²) in [6, 6.07) is 7.34. The zero-order valence-electron chi connectivity index (χ0n) is 12.9. The van der Waals surface area contributed by atoms with Gasteiger partial charge >= 0.3 is 5.97 Å². The smallest absolute Gasteiger partial charge is 0.307 e. The van der Waals surface area contributed by atoms with Gasteiger partial charge in [-0.1, -0.05) is 51.0 Å². The number of carboxylic acids is 1. The summed E-state index contributed by atoms with van der Waals surface area (Å²) < 4.78 is 0. The van der Waals surface area contributed by atoms with Crippen LogP contribution in [0.2, 0.25) is 0 Å². The Morgan fingerprint density at radius 1 is 1.19 bits per heavy atom. The molecule has 1 rings (SSSR count). The lowest BCUT2D eigenvalue weighted by Gasteiger charge is -2.15. The van der Waals surface area contributed by atoms with Crippen LogP contribution in [0.25, 0.3) is 0 Å². The first-order valence-electron chi connectivity index (χ1n) is 7.64. The summed E-state index contributed by atoms with van der Waals surface area (Å²) in [5.74, 6) is -0.740. The Balaban J connectivity index is 2.61. The lowest BCUT2D eigenvalue weighted by Crippen LogP contribution is -2.30. The van der Waals surface area contributed by atoms with Crippen molar-refractivity contribution in [1.82, 2.24) is 5.32 Å². The number of aliphatic carboxylic acids is 1. The Bertz CT molecular complexity index is 471. The third kappa shape index (κ3) is 5.98. The molecule has 2 N–H and O–H groups in total. The van der Waals surface area contributed by atoms with E-state index in [1.807, 2.05) is 25.1 Å². The summed E-state index contributed by atoms with van der Waals surface area (Å²) >= 11 is 0. The van der Waals surface area contributed by atoms with Gasteiger partial charge in [0.25, 0.3) is 0 Å². The third-order valence-electron chi connectivity index (χ3n) is 3.68. The molecular weight excluding hydrogens is 266 g/mol. The maximum absolute atomic E-state index is 12.2. The first-order chi connectivity index (χ1) is 10.1. The van der Waals surface area contributed by atoms with E-state index >= 15 is 0 Å². The molecule has 4 heteroatoms. The van der Waals surface area contributed by atoms with E-state index in [0.717, 1.165) is 36.8 Å². The Hall–Kier alpha value is -1.84. The molecule has 0 aromatic heterocycles. The van der Waals surface area contributed by atoms with Crippen LogP contribution in [0.4, 0.5) is 0 Å². The highest BCUT2D eigenvalue weighted by Crippen LogP contribution is 2.14. The second-order valence-corrected chi connectivity index (χ2v) is 5.30. The number of carboxylic acid groups (broad SMARTS) is 1. The second-order valence-electron chi connectivity index (χ2n) is 5.30. The molecule has 116 valence electrons. The van der Waals surface area contributed by atoms with Crippen LogP contribution in [-0.2, 0) is 22.6 Å². The molecule has 0 heterocycles. The number of rotatable bonds is 9. The average molecular weight is 291 g/mol. The van der Waals surface area contributed by atoms with Crippen molar-refractivity contribution in [3.63, 3.8) is 0 Å². The van der Waals surface area contributed by atoms with Crippen LogP contribution in [0, 0.1) is 5.92 Å². The van der Waals surface area contributed by atoms with E-state index in [0.29, 0.717) is 6.54 Å². The molecule has 0 fully saturated rings. The van der Waals surface area contributed by atoms with Crippen molar-refractivity contribution in [1.29, 1.82) is 0 Å². The van der Waals surface area contributed by atoms with Crippen molar-refractivity contribution in [3.05, 3.63) is 35.4 Å². The van der Waals surface area contributed by atoms with Crippen molar-refractivity contribution in [2.24, 2.45) is 5.92 Å². The predicted molar refractivity (Wildman–Crippen MR) is 82.9 cm³/mol. The van der Waals surface area contributed by atoms with Crippen molar-refractivity contribution < 1.29 is 14.7 Å². The van der Waals surface area contributed by atoms with E-state index in [2.05, 4.69) is 12.2 Å². The first kappa shape index (κ1) is 17.2. The van der Waals surface area contributed by atoms with E-state index in [1.165, 1.54) is 0 Å². The average Bonchev–Trinajstić information content (AvgIpc) is 2.46. The Labute approximate surface area is 126 Å². The maximum Gasteiger partial charge on any atom is 0.307 e. The molecule has 0 bridgehead atoms. The zero-order chi connectivity index (χ0) is 15.7. The molecule has 1 unspecified atom stereocenters. The highest BCUT2D eigenvalue weighted by molar-refractivity contribution is 5.78. The topological polar surface area (TPSA) is 66.4 Å². The number of amides is 1. The van der Waals surface area contributed by atoms with Gasteiger partial charge in [-0.15, -0.1) is 0 Å². The SMILES string of the molecule is CCCCC(CC)C(=O)NCc1ccccc1CC(=O)O. The van der Waals surface area contributed by atoms with E-state index in [9.17, 15) is 9.59 Å². The Morgan fingerprint density at radius 3 is 2.43 bits per heavy atom. The monoisotopic (exact) mass is 291 g/mol. The molecule has 0 aliphatic carbocycles. The van der Waals surface area contributed by atoms with E-state index < -0.39 is 5.97 Å². The van der Waals surface area contributed by atoms with Gasteiger partial charge in [-0.2, -0.15) is 0 Å². The molecule has 1 atom stereocenters. The van der Waals surface area contributed by atoms with Gasteiger partial charge in [0.05, 0.1) is 6.42 Å². The van der Waals surface area contributed by atoms with Gasteiger partial charge in [-0.25, -0.2) is 0 Å². The van der Waals surface area contributed by atoms with Crippen LogP contribution in [0.1, 0.15) is 50.7 Å². The summed E-state index contributed by atoms with van der Waals surface area (Å²) in [7, 11) is 0. The zero-order valence-corrected chi connectivity index (χ0v) is 12.9. The van der Waals surface area contributed by atoms with Crippen LogP contribution >= 0.6 is 0 Å². The van der Waals surface area contributed by atoms with Crippen molar-refractivity contribution in [3.8, 4) is 0 Å². The Morgan fingerprint density at radius 2 is 1.86 bits per heavy atom. The van der Waals surface area contributed by atoms with Crippen molar-refractivity contribution in [2.75, 3.05) is 0 Å². The molecule has 21 heavy (non-hydrogen) atoms. The summed E-state index contributed by atoms with van der Waals surface area (Å²) in [5.41, 5.74) is 1.63. The second kappa shape index (κ2) is 9.16. The lowest BCUT2D eigenvalue weighted by atomic mass is 9.98. The van der Waals surface area contributed by atoms with Gasteiger partial charge in [0.15, 0.2) is 0 Å². The normalized spacial score (nSPS) is 11.9. The molecule has 0 aliphatic rings. The summed E-state index contributed by atoms with van der Waals surface area (Å²) in [6.45, 7) is 4.54. The fourth-order valence-electron chi connectivity index (χ4n) is 2.36. The summed E-state index contributed by atoms with van der Waals surface area (Å²) in [6.07, 6.45) is 3.88. The van der Waals surface area contributed by atoms with E-state index in [-0.39, 0.29) is 18.2 Å². The van der Waals surface area contributed by atoms with Gasteiger partial charge in [0.1, 0.15) is 0 Å². The maximum atomic E-state index is 12.2. The number of carbonyl (C=O) groups is 2. The molecule has 1 amide bonds. The van der Waals surface area contributed by atoms with E-state index in [1.54, 1.807) is 6.07 Å². The first-order valence-corrected chi connectivity index (χ1v) is 7.64. The van der Waals surface area contributed by atoms with Gasteiger partial charge in [-0.3, -0.25) is 9.59 Å². The van der Waals surface area contributed by atoms with Crippen molar-refractivity contribution in [2.45, 2.75) is 52.5 Å². The van der Waals surface area contributed by atoms with Crippen LogP contribution in [0.5, 0.6) is 0 Å². The van der Waals surface area contributed by atoms with Gasteiger partial charge in [0.2, 0.25) is 5.91 Å². The fraction of sp³-hybridized carbons (Fsp3) is 0.529. The molecule has 0 radical (unpaired) electrons. The lowest BCUT2D eigenvalue weighted by molar-refractivity contribution is -0.136. The van der Waals surface area contributed by atoms with Crippen molar-refractivity contribution >= 4 is 11.9 Å². The van der Waals surface area contributed by atoms with Crippen LogP contribution in [0.15, 0.2) is 24.3 Å². The molecule has 0 saturated carbocycles. The number of nitrogens with one attached hydrogen (secondary N) is 1. The number of hydrogen-bond donors (Lipinski definition) is 2. The van der Waals surface area contributed by atoms with Crippen LogP contribution in [0.3, 0.4) is 0 Å². The molecular formula is C17H25NO3. The third-order valence-corrected chi connectivity index (χ3v) is 3.68. The highest BCUT2D eigenvalue weighted by Gasteiger charge is 2.16. The minimum atomic E-state index is -0.858. The number of carbonyl (C=O) groups excluding carboxylic acids is 1. The molecule has 1 aromatic rings. The molecule has 4 nitrogen and oxygen atoms in total. The summed E-state index contributed by atoms with van der Waals surface area (Å²) in [4.78, 5) is 23.0. The van der Waals surface area contributed by atoms with Crippen LogP contribution in [-0.4, -0.2) is 17.0 Å².